The van der Waals surface area contributed by atoms with Crippen molar-refractivity contribution in [3.05, 3.63) is 42.5 Å². The van der Waals surface area contributed by atoms with Gasteiger partial charge in [-0.05, 0) is 44.1 Å². The molecule has 3 heterocycles. The first-order chi connectivity index (χ1) is 9.33. The summed E-state index contributed by atoms with van der Waals surface area (Å²) in [6, 6.07) is 4.69. The second kappa shape index (κ2) is 5.32. The van der Waals surface area contributed by atoms with Crippen molar-refractivity contribution in [3.63, 3.8) is 0 Å². The third-order valence-electron chi connectivity index (χ3n) is 3.51. The summed E-state index contributed by atoms with van der Waals surface area (Å²) in [5.74, 6) is 1.53. The van der Waals surface area contributed by atoms with Crippen LogP contribution in [-0.4, -0.2) is 33.4 Å². The molecule has 0 spiro atoms. The summed E-state index contributed by atoms with van der Waals surface area (Å²) in [7, 11) is 2.17. The van der Waals surface area contributed by atoms with E-state index >= 15 is 0 Å². The highest BCUT2D eigenvalue weighted by Gasteiger charge is 2.22. The van der Waals surface area contributed by atoms with Crippen molar-refractivity contribution in [2.45, 2.75) is 18.9 Å². The fourth-order valence-corrected chi connectivity index (χ4v) is 2.55. The first-order valence-electron chi connectivity index (χ1n) is 6.52. The van der Waals surface area contributed by atoms with E-state index < -0.39 is 0 Å². The third kappa shape index (κ3) is 2.71. The topological polar surface area (TPSA) is 53.9 Å². The highest BCUT2D eigenvalue weighted by molar-refractivity contribution is 5.51. The number of hydrogen-bond acceptors (Lipinski definition) is 5. The average molecular weight is 255 g/mol. The molecule has 1 N–H and O–H groups in total. The minimum atomic E-state index is 0.505. The van der Waals surface area contributed by atoms with Gasteiger partial charge in [-0.25, -0.2) is 9.97 Å². The maximum Gasteiger partial charge on any atom is 0.150 e. The van der Waals surface area contributed by atoms with Crippen molar-refractivity contribution in [2.24, 2.45) is 0 Å². The number of nitrogens with zero attached hydrogens (tertiary/aromatic N) is 4. The van der Waals surface area contributed by atoms with E-state index in [1.54, 1.807) is 18.6 Å². The Morgan fingerprint density at radius 3 is 2.84 bits per heavy atom. The summed E-state index contributed by atoms with van der Waals surface area (Å²) < 4.78 is 0. The number of nitrogens with one attached hydrogen (secondary N) is 1. The Bertz CT molecular complexity index is 543. The van der Waals surface area contributed by atoms with Crippen molar-refractivity contribution >= 4 is 11.6 Å². The van der Waals surface area contributed by atoms with Crippen molar-refractivity contribution in [3.8, 4) is 0 Å². The predicted molar refractivity (Wildman–Crippen MR) is 74.2 cm³/mol. The van der Waals surface area contributed by atoms with Crippen LogP contribution in [0.2, 0.25) is 0 Å². The standard InChI is InChI=1S/C14H17N5/c1-19-8-2-3-12(19)11-4-5-16-13(9-11)18-14-10-15-6-7-17-14/h4-7,9-10,12H,2-3,8H2,1H3,(H,16,17,18). The molecule has 1 saturated heterocycles. The van der Waals surface area contributed by atoms with Crippen LogP contribution >= 0.6 is 0 Å². The Morgan fingerprint density at radius 1 is 1.21 bits per heavy atom. The highest BCUT2D eigenvalue weighted by atomic mass is 15.1. The Balaban J connectivity index is 1.80. The van der Waals surface area contributed by atoms with E-state index in [1.165, 1.54) is 24.9 Å². The van der Waals surface area contributed by atoms with Crippen LogP contribution in [0.3, 0.4) is 0 Å². The molecule has 98 valence electrons. The lowest BCUT2D eigenvalue weighted by Gasteiger charge is -2.20. The quantitative estimate of drug-likeness (QED) is 0.912. The minimum absolute atomic E-state index is 0.505. The molecule has 1 fully saturated rings. The van der Waals surface area contributed by atoms with Crippen molar-refractivity contribution in [1.82, 2.24) is 19.9 Å². The molecular weight excluding hydrogens is 238 g/mol. The molecule has 1 aliphatic rings. The minimum Gasteiger partial charge on any atom is -0.324 e. The molecule has 2 aromatic heterocycles. The SMILES string of the molecule is CN1CCCC1c1ccnc(Nc2cnccn2)c1. The van der Waals surface area contributed by atoms with E-state index in [4.69, 9.17) is 0 Å². The van der Waals surface area contributed by atoms with E-state index in [2.05, 4.69) is 44.3 Å². The number of likely N-dealkylation sites (tertiary alicyclic amines) is 1. The van der Waals surface area contributed by atoms with E-state index in [1.807, 2.05) is 6.20 Å². The second-order valence-electron chi connectivity index (χ2n) is 4.83. The summed E-state index contributed by atoms with van der Waals surface area (Å²) in [6.45, 7) is 1.17. The summed E-state index contributed by atoms with van der Waals surface area (Å²) in [5, 5.41) is 3.18. The molecule has 0 bridgehead atoms. The van der Waals surface area contributed by atoms with Gasteiger partial charge in [0, 0.05) is 24.6 Å². The number of pyridine rings is 1. The fraction of sp³-hybridized carbons (Fsp3) is 0.357. The lowest BCUT2D eigenvalue weighted by atomic mass is 10.1. The molecule has 19 heavy (non-hydrogen) atoms. The van der Waals surface area contributed by atoms with Gasteiger partial charge in [-0.1, -0.05) is 0 Å². The van der Waals surface area contributed by atoms with Crippen LogP contribution in [0.15, 0.2) is 36.9 Å². The summed E-state index contributed by atoms with van der Waals surface area (Å²) in [4.78, 5) is 14.9. The van der Waals surface area contributed by atoms with E-state index in [9.17, 15) is 0 Å². The van der Waals surface area contributed by atoms with Gasteiger partial charge in [0.05, 0.1) is 6.20 Å². The summed E-state index contributed by atoms with van der Waals surface area (Å²) in [5.41, 5.74) is 1.31. The Morgan fingerprint density at radius 2 is 2.11 bits per heavy atom. The molecule has 1 aliphatic heterocycles. The number of anilines is 2. The average Bonchev–Trinajstić information content (AvgIpc) is 2.86. The second-order valence-corrected chi connectivity index (χ2v) is 4.83. The van der Waals surface area contributed by atoms with Crippen LogP contribution in [-0.2, 0) is 0 Å². The van der Waals surface area contributed by atoms with Crippen LogP contribution in [0, 0.1) is 0 Å². The van der Waals surface area contributed by atoms with E-state index in [-0.39, 0.29) is 0 Å². The smallest absolute Gasteiger partial charge is 0.150 e. The highest BCUT2D eigenvalue weighted by Crippen LogP contribution is 2.31. The van der Waals surface area contributed by atoms with Gasteiger partial charge in [-0.3, -0.25) is 9.88 Å². The fourth-order valence-electron chi connectivity index (χ4n) is 2.55. The molecule has 0 aliphatic carbocycles. The summed E-state index contributed by atoms with van der Waals surface area (Å²) >= 11 is 0. The molecule has 5 heteroatoms. The Kier molecular flexibility index (Phi) is 3.37. The molecule has 3 rings (SSSR count). The molecule has 0 aromatic carbocycles. The van der Waals surface area contributed by atoms with Crippen molar-refractivity contribution in [2.75, 3.05) is 18.9 Å². The lowest BCUT2D eigenvalue weighted by molar-refractivity contribution is 0.317. The van der Waals surface area contributed by atoms with Crippen molar-refractivity contribution in [1.29, 1.82) is 0 Å². The number of aromatic nitrogens is 3. The van der Waals surface area contributed by atoms with Crippen LogP contribution in [0.25, 0.3) is 0 Å². The number of hydrogen-bond donors (Lipinski definition) is 1. The van der Waals surface area contributed by atoms with Crippen LogP contribution < -0.4 is 5.32 Å². The van der Waals surface area contributed by atoms with Gasteiger partial charge >= 0.3 is 0 Å². The molecule has 1 atom stereocenters. The Hall–Kier alpha value is -2.01. The number of rotatable bonds is 3. The maximum atomic E-state index is 4.33. The molecule has 0 radical (unpaired) electrons. The predicted octanol–water partition coefficient (Wildman–Crippen LogP) is 2.38. The van der Waals surface area contributed by atoms with E-state index in [0.29, 0.717) is 11.9 Å². The van der Waals surface area contributed by atoms with Gasteiger partial charge in [-0.2, -0.15) is 0 Å². The van der Waals surface area contributed by atoms with Crippen molar-refractivity contribution < 1.29 is 0 Å². The molecule has 0 amide bonds. The first kappa shape index (κ1) is 12.0. The van der Waals surface area contributed by atoms with Crippen LogP contribution in [0.4, 0.5) is 11.6 Å². The van der Waals surface area contributed by atoms with Gasteiger partial charge in [0.1, 0.15) is 11.6 Å². The lowest BCUT2D eigenvalue weighted by Crippen LogP contribution is -2.17. The monoisotopic (exact) mass is 255 g/mol. The molecule has 1 unspecified atom stereocenters. The zero-order chi connectivity index (χ0) is 13.1. The normalized spacial score (nSPS) is 19.5. The largest absolute Gasteiger partial charge is 0.324 e. The van der Waals surface area contributed by atoms with Gasteiger partial charge < -0.3 is 5.32 Å². The van der Waals surface area contributed by atoms with Gasteiger partial charge in [-0.15, -0.1) is 0 Å². The zero-order valence-electron chi connectivity index (χ0n) is 11.0. The van der Waals surface area contributed by atoms with Gasteiger partial charge in [0.2, 0.25) is 0 Å². The molecule has 0 saturated carbocycles. The van der Waals surface area contributed by atoms with E-state index in [0.717, 1.165) is 5.82 Å². The maximum absolute atomic E-state index is 4.33. The van der Waals surface area contributed by atoms with Gasteiger partial charge in [0.25, 0.3) is 0 Å². The van der Waals surface area contributed by atoms with Gasteiger partial charge in [0.15, 0.2) is 0 Å². The van der Waals surface area contributed by atoms with Crippen LogP contribution in [0.5, 0.6) is 0 Å². The molecule has 5 nitrogen and oxygen atoms in total. The Labute approximate surface area is 112 Å². The van der Waals surface area contributed by atoms with Crippen LogP contribution in [0.1, 0.15) is 24.4 Å². The molecule has 2 aromatic rings. The molecular formula is C14H17N5. The first-order valence-corrected chi connectivity index (χ1v) is 6.52. The third-order valence-corrected chi connectivity index (χ3v) is 3.51. The summed E-state index contributed by atoms with van der Waals surface area (Å²) in [6.07, 6.45) is 9.33. The zero-order valence-corrected chi connectivity index (χ0v) is 11.0.